The summed E-state index contributed by atoms with van der Waals surface area (Å²) in [5, 5.41) is 4.73. The summed E-state index contributed by atoms with van der Waals surface area (Å²) in [6.07, 6.45) is 2.99. The SMILES string of the molecule is O=C1OCCCN1CCNC1CCN(c2nc3ccccc3s2)CC1. The fraction of sp³-hybridized carbons (Fsp3) is 0.556. The minimum atomic E-state index is -0.168. The molecule has 6 nitrogen and oxygen atoms in total. The molecule has 0 bridgehead atoms. The molecular formula is C18H24N4O2S. The highest BCUT2D eigenvalue weighted by molar-refractivity contribution is 7.22. The zero-order chi connectivity index (χ0) is 17.1. The van der Waals surface area contributed by atoms with Gasteiger partial charge in [0.05, 0.1) is 16.8 Å². The van der Waals surface area contributed by atoms with Gasteiger partial charge in [-0.05, 0) is 31.4 Å². The minimum absolute atomic E-state index is 0.168. The van der Waals surface area contributed by atoms with Gasteiger partial charge < -0.3 is 19.9 Å². The number of aromatic nitrogens is 1. The molecule has 0 unspecified atom stereocenters. The lowest BCUT2D eigenvalue weighted by atomic mass is 10.1. The van der Waals surface area contributed by atoms with Crippen LogP contribution in [0.2, 0.25) is 0 Å². The van der Waals surface area contributed by atoms with E-state index in [0.29, 0.717) is 12.6 Å². The van der Waals surface area contributed by atoms with Gasteiger partial charge in [0.1, 0.15) is 0 Å². The fourth-order valence-corrected chi connectivity index (χ4v) is 4.49. The molecule has 2 saturated heterocycles. The summed E-state index contributed by atoms with van der Waals surface area (Å²) >= 11 is 1.78. The molecule has 3 heterocycles. The Morgan fingerprint density at radius 3 is 2.88 bits per heavy atom. The number of cyclic esters (lactones) is 1. The highest BCUT2D eigenvalue weighted by Crippen LogP contribution is 2.30. The third kappa shape index (κ3) is 3.88. The maximum atomic E-state index is 11.6. The topological polar surface area (TPSA) is 57.7 Å². The molecule has 1 aromatic heterocycles. The van der Waals surface area contributed by atoms with Crippen LogP contribution in [0.5, 0.6) is 0 Å². The number of amides is 1. The van der Waals surface area contributed by atoms with E-state index >= 15 is 0 Å². The van der Waals surface area contributed by atoms with Crippen LogP contribution >= 0.6 is 11.3 Å². The van der Waals surface area contributed by atoms with Crippen LogP contribution in [0.25, 0.3) is 10.2 Å². The van der Waals surface area contributed by atoms with Gasteiger partial charge in [0.2, 0.25) is 0 Å². The number of piperidine rings is 1. The Balaban J connectivity index is 1.23. The first kappa shape index (κ1) is 16.6. The quantitative estimate of drug-likeness (QED) is 0.888. The molecule has 0 spiro atoms. The zero-order valence-electron chi connectivity index (χ0n) is 14.3. The number of carbonyl (C=O) groups is 1. The van der Waals surface area contributed by atoms with E-state index in [9.17, 15) is 4.79 Å². The predicted octanol–water partition coefficient (Wildman–Crippen LogP) is 2.70. The fourth-order valence-electron chi connectivity index (χ4n) is 3.47. The van der Waals surface area contributed by atoms with Crippen LogP contribution in [-0.4, -0.2) is 61.3 Å². The second-order valence-electron chi connectivity index (χ2n) is 6.63. The molecule has 2 aliphatic rings. The van der Waals surface area contributed by atoms with Crippen molar-refractivity contribution in [2.75, 3.05) is 44.2 Å². The summed E-state index contributed by atoms with van der Waals surface area (Å²) in [6, 6.07) is 8.84. The maximum Gasteiger partial charge on any atom is 0.409 e. The number of hydrogen-bond donors (Lipinski definition) is 1. The molecule has 0 saturated carbocycles. The second-order valence-corrected chi connectivity index (χ2v) is 7.64. The van der Waals surface area contributed by atoms with E-state index in [1.807, 2.05) is 6.07 Å². The van der Waals surface area contributed by atoms with Gasteiger partial charge in [0, 0.05) is 38.8 Å². The first-order chi connectivity index (χ1) is 12.3. The van der Waals surface area contributed by atoms with Crippen molar-refractivity contribution in [2.24, 2.45) is 0 Å². The second kappa shape index (κ2) is 7.58. The van der Waals surface area contributed by atoms with Crippen molar-refractivity contribution in [2.45, 2.75) is 25.3 Å². The first-order valence-corrected chi connectivity index (χ1v) is 9.87. The number of thiazole rings is 1. The van der Waals surface area contributed by atoms with E-state index in [4.69, 9.17) is 9.72 Å². The van der Waals surface area contributed by atoms with Crippen LogP contribution in [0, 0.1) is 0 Å². The number of carbonyl (C=O) groups excluding carboxylic acids is 1. The zero-order valence-corrected chi connectivity index (χ0v) is 15.1. The molecule has 1 aromatic carbocycles. The van der Waals surface area contributed by atoms with E-state index in [2.05, 4.69) is 28.4 Å². The summed E-state index contributed by atoms with van der Waals surface area (Å²) in [6.45, 7) is 5.01. The Kier molecular flexibility index (Phi) is 5.03. The lowest BCUT2D eigenvalue weighted by molar-refractivity contribution is 0.0729. The van der Waals surface area contributed by atoms with Gasteiger partial charge in [-0.15, -0.1) is 0 Å². The normalized spacial score (nSPS) is 19.4. The number of para-hydroxylation sites is 1. The van der Waals surface area contributed by atoms with Gasteiger partial charge in [0.15, 0.2) is 5.13 Å². The third-order valence-electron chi connectivity index (χ3n) is 4.92. The molecule has 1 N–H and O–H groups in total. The minimum Gasteiger partial charge on any atom is -0.449 e. The van der Waals surface area contributed by atoms with E-state index in [0.717, 1.165) is 62.6 Å². The van der Waals surface area contributed by atoms with Gasteiger partial charge in [0.25, 0.3) is 0 Å². The number of anilines is 1. The Morgan fingerprint density at radius 1 is 1.24 bits per heavy atom. The van der Waals surface area contributed by atoms with Crippen LogP contribution < -0.4 is 10.2 Å². The third-order valence-corrected chi connectivity index (χ3v) is 6.02. The van der Waals surface area contributed by atoms with Gasteiger partial charge >= 0.3 is 6.09 Å². The number of nitrogens with one attached hydrogen (secondary N) is 1. The molecule has 7 heteroatoms. The molecule has 0 atom stereocenters. The lowest BCUT2D eigenvalue weighted by Crippen LogP contribution is -2.46. The van der Waals surface area contributed by atoms with E-state index < -0.39 is 0 Å². The first-order valence-electron chi connectivity index (χ1n) is 9.05. The highest BCUT2D eigenvalue weighted by atomic mass is 32.1. The van der Waals surface area contributed by atoms with Gasteiger partial charge in [-0.1, -0.05) is 23.5 Å². The van der Waals surface area contributed by atoms with Crippen molar-refractivity contribution in [1.29, 1.82) is 0 Å². The molecule has 1 amide bonds. The van der Waals surface area contributed by atoms with Crippen molar-refractivity contribution in [1.82, 2.24) is 15.2 Å². The monoisotopic (exact) mass is 360 g/mol. The molecule has 4 rings (SSSR count). The average Bonchev–Trinajstić information content (AvgIpc) is 3.08. The van der Waals surface area contributed by atoms with E-state index in [-0.39, 0.29) is 6.09 Å². The van der Waals surface area contributed by atoms with Crippen molar-refractivity contribution in [3.8, 4) is 0 Å². The van der Waals surface area contributed by atoms with Crippen molar-refractivity contribution >= 4 is 32.8 Å². The average molecular weight is 360 g/mol. The van der Waals surface area contributed by atoms with Crippen LogP contribution in [0.4, 0.5) is 9.93 Å². The van der Waals surface area contributed by atoms with E-state index in [1.54, 1.807) is 16.2 Å². The largest absolute Gasteiger partial charge is 0.449 e. The van der Waals surface area contributed by atoms with Crippen molar-refractivity contribution < 1.29 is 9.53 Å². The molecular weight excluding hydrogens is 336 g/mol. The number of benzene rings is 1. The number of rotatable bonds is 5. The molecule has 134 valence electrons. The van der Waals surface area contributed by atoms with Crippen LogP contribution in [0.15, 0.2) is 24.3 Å². The summed E-state index contributed by atoms with van der Waals surface area (Å²) in [4.78, 5) is 20.6. The highest BCUT2D eigenvalue weighted by Gasteiger charge is 2.23. The van der Waals surface area contributed by atoms with Crippen LogP contribution in [-0.2, 0) is 4.74 Å². The predicted molar refractivity (Wildman–Crippen MR) is 100 cm³/mol. The Morgan fingerprint density at radius 2 is 2.08 bits per heavy atom. The molecule has 2 aliphatic heterocycles. The van der Waals surface area contributed by atoms with Crippen LogP contribution in [0.3, 0.4) is 0 Å². The lowest BCUT2D eigenvalue weighted by Gasteiger charge is -2.33. The maximum absolute atomic E-state index is 11.6. The molecule has 2 aromatic rings. The molecule has 0 aliphatic carbocycles. The summed E-state index contributed by atoms with van der Waals surface area (Å²) in [5.41, 5.74) is 1.09. The summed E-state index contributed by atoms with van der Waals surface area (Å²) < 4.78 is 6.32. The number of hydrogen-bond acceptors (Lipinski definition) is 6. The number of ether oxygens (including phenoxy) is 1. The summed E-state index contributed by atoms with van der Waals surface area (Å²) in [5.74, 6) is 0. The standard InChI is InChI=1S/C18H24N4O2S/c23-18-22(9-3-13-24-18)12-8-19-14-6-10-21(11-7-14)17-20-15-4-1-2-5-16(15)25-17/h1-2,4-5,14,19H,3,6-13H2. The van der Waals surface area contributed by atoms with Gasteiger partial charge in [-0.25, -0.2) is 9.78 Å². The Bertz CT molecular complexity index is 694. The van der Waals surface area contributed by atoms with E-state index in [1.165, 1.54) is 4.70 Å². The van der Waals surface area contributed by atoms with Crippen LogP contribution in [0.1, 0.15) is 19.3 Å². The van der Waals surface area contributed by atoms with Crippen molar-refractivity contribution in [3.63, 3.8) is 0 Å². The Labute approximate surface area is 151 Å². The molecule has 0 radical (unpaired) electrons. The number of fused-ring (bicyclic) bond motifs is 1. The smallest absolute Gasteiger partial charge is 0.409 e. The van der Waals surface area contributed by atoms with Gasteiger partial charge in [-0.3, -0.25) is 0 Å². The molecule has 25 heavy (non-hydrogen) atoms. The van der Waals surface area contributed by atoms with Gasteiger partial charge in [-0.2, -0.15) is 0 Å². The van der Waals surface area contributed by atoms with Crippen molar-refractivity contribution in [3.05, 3.63) is 24.3 Å². The number of nitrogens with zero attached hydrogens (tertiary/aromatic N) is 3. The summed E-state index contributed by atoms with van der Waals surface area (Å²) in [7, 11) is 0. The Hall–Kier alpha value is -1.86. The molecule has 2 fully saturated rings.